The summed E-state index contributed by atoms with van der Waals surface area (Å²) in [4.78, 5) is 4.13. The highest BCUT2D eigenvalue weighted by Gasteiger charge is 2.17. The summed E-state index contributed by atoms with van der Waals surface area (Å²) in [6, 6.07) is 6.30. The van der Waals surface area contributed by atoms with Crippen LogP contribution in [0.4, 0.5) is 0 Å². The number of oxazole rings is 1. The monoisotopic (exact) mass is 217 g/mol. The molecule has 2 aromatic rings. The first kappa shape index (κ1) is 11.2. The van der Waals surface area contributed by atoms with Crippen LogP contribution in [0.1, 0.15) is 39.2 Å². The molecule has 86 valence electrons. The highest BCUT2D eigenvalue weighted by atomic mass is 16.3. The fourth-order valence-electron chi connectivity index (χ4n) is 2.33. The second kappa shape index (κ2) is 4.28. The van der Waals surface area contributed by atoms with Crippen molar-refractivity contribution in [2.45, 2.75) is 40.0 Å². The number of aromatic nitrogens is 1. The van der Waals surface area contributed by atoms with Crippen LogP contribution in [0, 0.1) is 5.41 Å². The van der Waals surface area contributed by atoms with Crippen molar-refractivity contribution in [3.05, 3.63) is 30.2 Å². The minimum atomic E-state index is 0.364. The van der Waals surface area contributed by atoms with Crippen molar-refractivity contribution in [3.63, 3.8) is 0 Å². The van der Waals surface area contributed by atoms with Gasteiger partial charge >= 0.3 is 0 Å². The van der Waals surface area contributed by atoms with E-state index in [2.05, 4.69) is 37.9 Å². The molecule has 2 heteroatoms. The Labute approximate surface area is 96.7 Å². The quantitative estimate of drug-likeness (QED) is 0.767. The van der Waals surface area contributed by atoms with E-state index in [1.165, 1.54) is 24.8 Å². The molecule has 2 rings (SSSR count). The van der Waals surface area contributed by atoms with Crippen LogP contribution in [-0.4, -0.2) is 4.98 Å². The molecule has 2 nitrogen and oxygen atoms in total. The van der Waals surface area contributed by atoms with Crippen molar-refractivity contribution in [2.24, 2.45) is 5.41 Å². The van der Waals surface area contributed by atoms with Gasteiger partial charge in [0.15, 0.2) is 12.0 Å². The first-order valence-electron chi connectivity index (χ1n) is 5.93. The van der Waals surface area contributed by atoms with Gasteiger partial charge in [0.05, 0.1) is 0 Å². The third-order valence-corrected chi connectivity index (χ3v) is 3.01. The molecule has 0 saturated heterocycles. The van der Waals surface area contributed by atoms with Crippen LogP contribution in [-0.2, 0) is 6.42 Å². The number of rotatable bonds is 4. The lowest BCUT2D eigenvalue weighted by Crippen LogP contribution is -2.14. The Hall–Kier alpha value is -1.31. The van der Waals surface area contributed by atoms with Crippen LogP contribution in [0.2, 0.25) is 0 Å². The zero-order valence-electron chi connectivity index (χ0n) is 10.3. The van der Waals surface area contributed by atoms with E-state index in [4.69, 9.17) is 4.42 Å². The minimum absolute atomic E-state index is 0.364. The van der Waals surface area contributed by atoms with Crippen LogP contribution >= 0.6 is 0 Å². The summed E-state index contributed by atoms with van der Waals surface area (Å²) >= 11 is 0. The van der Waals surface area contributed by atoms with Crippen molar-refractivity contribution in [2.75, 3.05) is 0 Å². The van der Waals surface area contributed by atoms with Gasteiger partial charge in [-0.1, -0.05) is 33.3 Å². The van der Waals surface area contributed by atoms with Crippen molar-refractivity contribution >= 4 is 11.1 Å². The van der Waals surface area contributed by atoms with E-state index in [0.717, 1.165) is 17.5 Å². The maximum atomic E-state index is 5.32. The van der Waals surface area contributed by atoms with Crippen LogP contribution in [0.25, 0.3) is 11.1 Å². The fraction of sp³-hybridized carbons (Fsp3) is 0.500. The molecule has 1 aromatic carbocycles. The molecular formula is C14H19NO. The Morgan fingerprint density at radius 1 is 1.31 bits per heavy atom. The molecule has 0 saturated carbocycles. The average Bonchev–Trinajstić information content (AvgIpc) is 2.63. The number of benzene rings is 1. The Kier molecular flexibility index (Phi) is 2.99. The largest absolute Gasteiger partial charge is 0.443 e. The summed E-state index contributed by atoms with van der Waals surface area (Å²) in [6.07, 6.45) is 5.09. The van der Waals surface area contributed by atoms with E-state index in [1.807, 2.05) is 6.07 Å². The van der Waals surface area contributed by atoms with Gasteiger partial charge in [0.25, 0.3) is 0 Å². The molecule has 0 aliphatic heterocycles. The van der Waals surface area contributed by atoms with Crippen molar-refractivity contribution < 1.29 is 4.42 Å². The van der Waals surface area contributed by atoms with Crippen molar-refractivity contribution in [3.8, 4) is 0 Å². The lowest BCUT2D eigenvalue weighted by Gasteiger charge is -2.23. The summed E-state index contributed by atoms with van der Waals surface area (Å²) in [7, 11) is 0. The summed E-state index contributed by atoms with van der Waals surface area (Å²) in [5.41, 5.74) is 3.53. The summed E-state index contributed by atoms with van der Waals surface area (Å²) < 4.78 is 5.32. The summed E-state index contributed by atoms with van der Waals surface area (Å²) in [5, 5.41) is 0. The van der Waals surface area contributed by atoms with Gasteiger partial charge in [0, 0.05) is 0 Å². The second-order valence-corrected chi connectivity index (χ2v) is 5.25. The number of fused-ring (bicyclic) bond motifs is 1. The van der Waals surface area contributed by atoms with Crippen LogP contribution in [0.5, 0.6) is 0 Å². The van der Waals surface area contributed by atoms with Crippen LogP contribution in [0.15, 0.2) is 29.0 Å². The molecule has 0 spiro atoms. The van der Waals surface area contributed by atoms with Crippen LogP contribution < -0.4 is 0 Å². The smallest absolute Gasteiger partial charge is 0.181 e. The maximum absolute atomic E-state index is 5.32. The molecule has 16 heavy (non-hydrogen) atoms. The van der Waals surface area contributed by atoms with Crippen LogP contribution in [0.3, 0.4) is 0 Å². The summed E-state index contributed by atoms with van der Waals surface area (Å²) in [6.45, 7) is 6.88. The molecule has 0 aliphatic carbocycles. The van der Waals surface area contributed by atoms with E-state index in [9.17, 15) is 0 Å². The van der Waals surface area contributed by atoms with Crippen molar-refractivity contribution in [1.82, 2.24) is 4.98 Å². The summed E-state index contributed by atoms with van der Waals surface area (Å²) in [5.74, 6) is 0. The van der Waals surface area contributed by atoms with E-state index >= 15 is 0 Å². The minimum Gasteiger partial charge on any atom is -0.443 e. The Balaban J connectivity index is 2.20. The molecule has 0 bridgehead atoms. The number of nitrogens with zero attached hydrogens (tertiary/aromatic N) is 1. The third kappa shape index (κ3) is 2.43. The van der Waals surface area contributed by atoms with E-state index < -0.39 is 0 Å². The molecule has 0 fully saturated rings. The SMILES string of the molecule is CCCC(C)(C)Cc1ccc2ncoc2c1. The molecular weight excluding hydrogens is 198 g/mol. The first-order chi connectivity index (χ1) is 7.61. The zero-order valence-corrected chi connectivity index (χ0v) is 10.3. The van der Waals surface area contributed by atoms with Gasteiger partial charge in [-0.3, -0.25) is 0 Å². The predicted molar refractivity (Wildman–Crippen MR) is 66.4 cm³/mol. The van der Waals surface area contributed by atoms with E-state index in [-0.39, 0.29) is 0 Å². The third-order valence-electron chi connectivity index (χ3n) is 3.01. The number of hydrogen-bond acceptors (Lipinski definition) is 2. The highest BCUT2D eigenvalue weighted by molar-refractivity contribution is 5.72. The van der Waals surface area contributed by atoms with Gasteiger partial charge in [-0.25, -0.2) is 4.98 Å². The van der Waals surface area contributed by atoms with E-state index in [0.29, 0.717) is 5.41 Å². The van der Waals surface area contributed by atoms with Crippen molar-refractivity contribution in [1.29, 1.82) is 0 Å². The average molecular weight is 217 g/mol. The Bertz CT molecular complexity index is 470. The highest BCUT2D eigenvalue weighted by Crippen LogP contribution is 2.28. The van der Waals surface area contributed by atoms with E-state index in [1.54, 1.807) is 0 Å². The van der Waals surface area contributed by atoms with Gasteiger partial charge in [-0.15, -0.1) is 0 Å². The van der Waals surface area contributed by atoms with Gasteiger partial charge in [-0.05, 0) is 36.0 Å². The second-order valence-electron chi connectivity index (χ2n) is 5.25. The van der Waals surface area contributed by atoms with Gasteiger partial charge in [0.1, 0.15) is 5.52 Å². The standard InChI is InChI=1S/C14H19NO/c1-4-7-14(2,3)9-11-5-6-12-13(8-11)16-10-15-12/h5-6,8,10H,4,7,9H2,1-3H3. The molecule has 0 N–H and O–H groups in total. The molecule has 0 unspecified atom stereocenters. The molecule has 0 amide bonds. The van der Waals surface area contributed by atoms with Gasteiger partial charge < -0.3 is 4.42 Å². The Morgan fingerprint density at radius 2 is 2.12 bits per heavy atom. The molecule has 1 heterocycles. The Morgan fingerprint density at radius 3 is 2.88 bits per heavy atom. The predicted octanol–water partition coefficient (Wildman–Crippen LogP) is 4.20. The molecule has 0 aliphatic rings. The molecule has 0 atom stereocenters. The topological polar surface area (TPSA) is 26.0 Å². The number of hydrogen-bond donors (Lipinski definition) is 0. The lowest BCUT2D eigenvalue weighted by atomic mass is 9.82. The molecule has 0 radical (unpaired) electrons. The lowest BCUT2D eigenvalue weighted by molar-refractivity contribution is 0.329. The zero-order chi connectivity index (χ0) is 11.6. The van der Waals surface area contributed by atoms with Gasteiger partial charge in [0.2, 0.25) is 0 Å². The maximum Gasteiger partial charge on any atom is 0.181 e. The first-order valence-corrected chi connectivity index (χ1v) is 5.93. The molecule has 1 aromatic heterocycles. The fourth-order valence-corrected chi connectivity index (χ4v) is 2.33. The van der Waals surface area contributed by atoms with Gasteiger partial charge in [-0.2, -0.15) is 0 Å². The normalized spacial score (nSPS) is 12.2.